The zero-order chi connectivity index (χ0) is 16.4. The molecule has 130 valence electrons. The van der Waals surface area contributed by atoms with Crippen LogP contribution in [0.25, 0.3) is 0 Å². The molecule has 0 aromatic carbocycles. The number of nitrogens with one attached hydrogen (secondary N) is 1. The smallest absolute Gasteiger partial charge is 0.242 e. The molecule has 1 fully saturated rings. The number of hydrogen-bond acceptors (Lipinski definition) is 5. The summed E-state index contributed by atoms with van der Waals surface area (Å²) in [5.41, 5.74) is 5.69. The van der Waals surface area contributed by atoms with Crippen LogP contribution in [0, 0.1) is 5.92 Å². The Morgan fingerprint density at radius 3 is 2.32 bits per heavy atom. The van der Waals surface area contributed by atoms with Crippen LogP contribution in [0.15, 0.2) is 0 Å². The molecule has 0 aromatic rings. The van der Waals surface area contributed by atoms with Crippen molar-refractivity contribution >= 4 is 34.1 Å². The fraction of sp³-hybridized carbons (Fsp3) is 0.846. The fourth-order valence-electron chi connectivity index (χ4n) is 2.05. The van der Waals surface area contributed by atoms with Gasteiger partial charge in [0.15, 0.2) is 9.84 Å². The third kappa shape index (κ3) is 4.82. The second kappa shape index (κ2) is 7.61. The SMILES string of the molecule is CC(C)[C@H](N)C(=O)NCC(=O)N1CCS(=O)(=O)C(C)(C)C1.Cl. The zero-order valence-electron chi connectivity index (χ0n) is 13.5. The Kier molecular flexibility index (Phi) is 7.31. The van der Waals surface area contributed by atoms with Gasteiger partial charge in [-0.2, -0.15) is 0 Å². The average molecular weight is 356 g/mol. The van der Waals surface area contributed by atoms with Crippen molar-refractivity contribution in [2.24, 2.45) is 11.7 Å². The van der Waals surface area contributed by atoms with Crippen LogP contribution in [-0.4, -0.2) is 61.3 Å². The molecule has 0 radical (unpaired) electrons. The van der Waals surface area contributed by atoms with Crippen LogP contribution in [0.3, 0.4) is 0 Å². The Hall–Kier alpha value is -0.860. The van der Waals surface area contributed by atoms with Gasteiger partial charge in [-0.1, -0.05) is 13.8 Å². The molecule has 7 nitrogen and oxygen atoms in total. The fourth-order valence-corrected chi connectivity index (χ4v) is 3.42. The lowest BCUT2D eigenvalue weighted by atomic mass is 10.1. The topological polar surface area (TPSA) is 110 Å². The van der Waals surface area contributed by atoms with Gasteiger partial charge < -0.3 is 16.0 Å². The summed E-state index contributed by atoms with van der Waals surface area (Å²) in [6.45, 7) is 7.00. The van der Waals surface area contributed by atoms with E-state index in [1.54, 1.807) is 13.8 Å². The van der Waals surface area contributed by atoms with Gasteiger partial charge in [-0.3, -0.25) is 9.59 Å². The molecule has 1 rings (SSSR count). The van der Waals surface area contributed by atoms with Crippen LogP contribution in [0.4, 0.5) is 0 Å². The van der Waals surface area contributed by atoms with Crippen molar-refractivity contribution < 1.29 is 18.0 Å². The number of carbonyl (C=O) groups excluding carboxylic acids is 2. The largest absolute Gasteiger partial charge is 0.346 e. The Morgan fingerprint density at radius 1 is 1.32 bits per heavy atom. The molecule has 1 aliphatic heterocycles. The number of halogens is 1. The number of nitrogens with zero attached hydrogens (tertiary/aromatic N) is 1. The van der Waals surface area contributed by atoms with Crippen LogP contribution < -0.4 is 11.1 Å². The predicted octanol–water partition coefficient (Wildman–Crippen LogP) is -0.457. The highest BCUT2D eigenvalue weighted by Gasteiger charge is 2.41. The molecule has 1 saturated heterocycles. The lowest BCUT2D eigenvalue weighted by molar-refractivity contribution is -0.133. The molecule has 0 aromatic heterocycles. The summed E-state index contributed by atoms with van der Waals surface area (Å²) < 4.78 is 22.8. The number of nitrogens with two attached hydrogens (primary N) is 1. The highest BCUT2D eigenvalue weighted by Crippen LogP contribution is 2.23. The van der Waals surface area contributed by atoms with E-state index in [0.717, 1.165) is 0 Å². The van der Waals surface area contributed by atoms with Gasteiger partial charge in [0.1, 0.15) is 0 Å². The molecule has 0 unspecified atom stereocenters. The maximum atomic E-state index is 12.1. The normalized spacial score (nSPS) is 20.9. The van der Waals surface area contributed by atoms with Crippen LogP contribution in [0.5, 0.6) is 0 Å². The molecule has 1 aliphatic rings. The van der Waals surface area contributed by atoms with Gasteiger partial charge in [0.05, 0.1) is 23.1 Å². The molecule has 1 heterocycles. The van der Waals surface area contributed by atoms with Crippen LogP contribution in [0.1, 0.15) is 27.7 Å². The van der Waals surface area contributed by atoms with Crippen LogP contribution in [0.2, 0.25) is 0 Å². The summed E-state index contributed by atoms with van der Waals surface area (Å²) in [5.74, 6) is -0.728. The highest BCUT2D eigenvalue weighted by atomic mass is 35.5. The molecule has 3 N–H and O–H groups in total. The first-order valence-electron chi connectivity index (χ1n) is 7.01. The standard InChI is InChI=1S/C13H25N3O4S.ClH/c1-9(2)11(14)12(18)15-7-10(17)16-5-6-21(19,20)13(3,4)8-16;/h9,11H,5-8,14H2,1-4H3,(H,15,18);1H/t11-;/m0./s1. The maximum absolute atomic E-state index is 12.1. The number of amides is 2. The first-order chi connectivity index (χ1) is 9.48. The average Bonchev–Trinajstić information content (AvgIpc) is 2.37. The van der Waals surface area contributed by atoms with Gasteiger partial charge in [0.2, 0.25) is 11.8 Å². The summed E-state index contributed by atoms with van der Waals surface area (Å²) in [6.07, 6.45) is 0. The van der Waals surface area contributed by atoms with Crippen LogP contribution >= 0.6 is 12.4 Å². The summed E-state index contributed by atoms with van der Waals surface area (Å²) >= 11 is 0. The maximum Gasteiger partial charge on any atom is 0.242 e. The quantitative estimate of drug-likeness (QED) is 0.709. The third-order valence-corrected chi connectivity index (χ3v) is 6.36. The van der Waals surface area contributed by atoms with Crippen molar-refractivity contribution in [1.82, 2.24) is 10.2 Å². The van der Waals surface area contributed by atoms with E-state index in [1.807, 2.05) is 13.8 Å². The van der Waals surface area contributed by atoms with E-state index in [2.05, 4.69) is 5.32 Å². The Morgan fingerprint density at radius 2 is 1.86 bits per heavy atom. The van der Waals surface area contributed by atoms with E-state index in [9.17, 15) is 18.0 Å². The Labute approximate surface area is 138 Å². The molecule has 22 heavy (non-hydrogen) atoms. The number of carbonyl (C=O) groups is 2. The molecule has 2 amide bonds. The molecule has 0 saturated carbocycles. The van der Waals surface area contributed by atoms with E-state index in [-0.39, 0.29) is 55.5 Å². The molecule has 1 atom stereocenters. The third-order valence-electron chi connectivity index (χ3n) is 3.83. The van der Waals surface area contributed by atoms with Gasteiger partial charge in [-0.05, 0) is 19.8 Å². The molecule has 9 heteroatoms. The Bertz CT molecular complexity index is 519. The second-order valence-electron chi connectivity index (χ2n) is 6.38. The number of hydrogen-bond donors (Lipinski definition) is 2. The van der Waals surface area contributed by atoms with Gasteiger partial charge in [-0.25, -0.2) is 8.42 Å². The highest BCUT2D eigenvalue weighted by molar-refractivity contribution is 7.92. The molecule has 0 bridgehead atoms. The van der Waals surface area contributed by atoms with Gasteiger partial charge in [-0.15, -0.1) is 12.4 Å². The molecular weight excluding hydrogens is 330 g/mol. The first kappa shape index (κ1) is 21.1. The van der Waals surface area contributed by atoms with Crippen molar-refractivity contribution in [3.05, 3.63) is 0 Å². The van der Waals surface area contributed by atoms with Crippen molar-refractivity contribution in [1.29, 1.82) is 0 Å². The lowest BCUT2D eigenvalue weighted by Gasteiger charge is -2.37. The van der Waals surface area contributed by atoms with Crippen molar-refractivity contribution in [2.75, 3.05) is 25.4 Å². The number of rotatable bonds is 4. The molecule has 0 aliphatic carbocycles. The van der Waals surface area contributed by atoms with Crippen molar-refractivity contribution in [3.63, 3.8) is 0 Å². The second-order valence-corrected chi connectivity index (χ2v) is 9.12. The van der Waals surface area contributed by atoms with Crippen LogP contribution in [-0.2, 0) is 19.4 Å². The lowest BCUT2D eigenvalue weighted by Crippen LogP contribution is -2.56. The summed E-state index contributed by atoms with van der Waals surface area (Å²) in [6, 6.07) is -0.657. The minimum absolute atomic E-state index is 0. The van der Waals surface area contributed by atoms with Crippen molar-refractivity contribution in [2.45, 2.75) is 38.5 Å². The predicted molar refractivity (Wildman–Crippen MR) is 87.5 cm³/mol. The Balaban J connectivity index is 0.00000441. The van der Waals surface area contributed by atoms with Crippen molar-refractivity contribution in [3.8, 4) is 0 Å². The number of sulfone groups is 1. The zero-order valence-corrected chi connectivity index (χ0v) is 15.1. The minimum atomic E-state index is -3.18. The molecule has 0 spiro atoms. The van der Waals surface area contributed by atoms with E-state index in [0.29, 0.717) is 0 Å². The first-order valence-corrected chi connectivity index (χ1v) is 8.66. The van der Waals surface area contributed by atoms with Gasteiger partial charge in [0, 0.05) is 13.1 Å². The van der Waals surface area contributed by atoms with E-state index >= 15 is 0 Å². The summed E-state index contributed by atoms with van der Waals surface area (Å²) in [5, 5.41) is 2.50. The van der Waals surface area contributed by atoms with E-state index in [1.165, 1.54) is 4.90 Å². The van der Waals surface area contributed by atoms with E-state index in [4.69, 9.17) is 5.73 Å². The van der Waals surface area contributed by atoms with E-state index < -0.39 is 20.6 Å². The minimum Gasteiger partial charge on any atom is -0.346 e. The summed E-state index contributed by atoms with van der Waals surface area (Å²) in [7, 11) is -3.18. The molecular formula is C13H26ClN3O4S. The van der Waals surface area contributed by atoms with Gasteiger partial charge >= 0.3 is 0 Å². The monoisotopic (exact) mass is 355 g/mol. The summed E-state index contributed by atoms with van der Waals surface area (Å²) in [4.78, 5) is 25.2. The van der Waals surface area contributed by atoms with Gasteiger partial charge in [0.25, 0.3) is 0 Å².